The molecule has 13 heavy (non-hydrogen) atoms. The summed E-state index contributed by atoms with van der Waals surface area (Å²) in [4.78, 5) is 10.9. The molecule has 1 aromatic carbocycles. The van der Waals surface area contributed by atoms with E-state index in [4.69, 9.17) is 5.26 Å². The minimum Gasteiger partial charge on any atom is -1.00 e. The van der Waals surface area contributed by atoms with E-state index in [9.17, 15) is 4.79 Å². The zero-order valence-corrected chi connectivity index (χ0v) is 9.45. The number of anilines is 1. The SMILES string of the molecule is N#CCC(=O)Nc1ccccc1.[H-].[Na+]. The van der Waals surface area contributed by atoms with Crippen molar-refractivity contribution in [3.63, 3.8) is 0 Å². The predicted molar refractivity (Wildman–Crippen MR) is 46.4 cm³/mol. The maximum absolute atomic E-state index is 10.9. The molecule has 0 saturated heterocycles. The number of rotatable bonds is 2. The van der Waals surface area contributed by atoms with Gasteiger partial charge in [0, 0.05) is 5.69 Å². The Morgan fingerprint density at radius 1 is 1.46 bits per heavy atom. The topological polar surface area (TPSA) is 52.9 Å². The van der Waals surface area contributed by atoms with E-state index in [0.29, 0.717) is 0 Å². The van der Waals surface area contributed by atoms with Gasteiger partial charge in [-0.2, -0.15) is 5.26 Å². The monoisotopic (exact) mass is 184 g/mol. The third-order valence-corrected chi connectivity index (χ3v) is 1.30. The van der Waals surface area contributed by atoms with Gasteiger partial charge in [-0.3, -0.25) is 4.79 Å². The zero-order chi connectivity index (χ0) is 8.81. The molecule has 0 aliphatic rings. The van der Waals surface area contributed by atoms with Crippen molar-refractivity contribution in [3.05, 3.63) is 30.3 Å². The van der Waals surface area contributed by atoms with Crippen LogP contribution in [-0.4, -0.2) is 5.91 Å². The third kappa shape index (κ3) is 4.69. The Kier molecular flexibility index (Phi) is 6.25. The number of nitrogens with zero attached hydrogens (tertiary/aromatic N) is 1. The van der Waals surface area contributed by atoms with Crippen LogP contribution in [0.4, 0.5) is 5.69 Å². The fourth-order valence-electron chi connectivity index (χ4n) is 0.798. The summed E-state index contributed by atoms with van der Waals surface area (Å²) < 4.78 is 0. The van der Waals surface area contributed by atoms with Gasteiger partial charge in [-0.15, -0.1) is 0 Å². The molecule has 1 N–H and O–H groups in total. The maximum atomic E-state index is 10.9. The van der Waals surface area contributed by atoms with Crippen LogP contribution in [0, 0.1) is 11.3 Å². The van der Waals surface area contributed by atoms with Gasteiger partial charge in [-0.1, -0.05) is 18.2 Å². The Bertz CT molecular complexity index is 310. The fourth-order valence-corrected chi connectivity index (χ4v) is 0.798. The van der Waals surface area contributed by atoms with E-state index in [1.165, 1.54) is 0 Å². The first-order valence-corrected chi connectivity index (χ1v) is 3.55. The number of nitriles is 1. The molecule has 0 heterocycles. The normalized spacial score (nSPS) is 7.92. The standard InChI is InChI=1S/C9H8N2O.Na.H/c10-7-6-9(12)11-8-4-2-1-3-5-8;;/h1-5H,6H2,(H,11,12);;/q;+1;-1. The molecule has 0 fully saturated rings. The average molecular weight is 184 g/mol. The van der Waals surface area contributed by atoms with E-state index in [1.807, 2.05) is 18.2 Å². The second-order valence-corrected chi connectivity index (χ2v) is 2.25. The van der Waals surface area contributed by atoms with Crippen LogP contribution >= 0.6 is 0 Å². The Labute approximate surface area is 101 Å². The number of nitrogens with one attached hydrogen (secondary N) is 1. The Balaban J connectivity index is 0. The minimum absolute atomic E-state index is 0. The van der Waals surface area contributed by atoms with E-state index in [-0.39, 0.29) is 43.3 Å². The second-order valence-electron chi connectivity index (χ2n) is 2.25. The molecule has 0 unspecified atom stereocenters. The third-order valence-electron chi connectivity index (χ3n) is 1.30. The zero-order valence-electron chi connectivity index (χ0n) is 8.45. The number of amides is 1. The van der Waals surface area contributed by atoms with Gasteiger partial charge in [0.15, 0.2) is 0 Å². The van der Waals surface area contributed by atoms with Crippen molar-refractivity contribution in [2.24, 2.45) is 0 Å². The van der Waals surface area contributed by atoms with Gasteiger partial charge in [-0.05, 0) is 12.1 Å². The molecular weight excluding hydrogens is 175 g/mol. The quantitative estimate of drug-likeness (QED) is 0.578. The van der Waals surface area contributed by atoms with E-state index in [2.05, 4.69) is 5.32 Å². The summed E-state index contributed by atoms with van der Waals surface area (Å²) in [5.74, 6) is -0.274. The molecule has 0 bridgehead atoms. The fraction of sp³-hybridized carbons (Fsp3) is 0.111. The average Bonchev–Trinajstić information content (AvgIpc) is 2.06. The van der Waals surface area contributed by atoms with Crippen LogP contribution in [0.1, 0.15) is 7.85 Å². The molecule has 0 atom stereocenters. The summed E-state index contributed by atoms with van der Waals surface area (Å²) in [5.41, 5.74) is 0.720. The summed E-state index contributed by atoms with van der Waals surface area (Å²) in [5, 5.41) is 10.8. The first-order chi connectivity index (χ1) is 5.83. The molecular formula is C9H9N2NaO. The van der Waals surface area contributed by atoms with Gasteiger partial charge in [0.05, 0.1) is 6.07 Å². The molecule has 1 amide bonds. The molecule has 1 aromatic rings. The molecule has 0 aliphatic carbocycles. The van der Waals surface area contributed by atoms with Crippen molar-refractivity contribution in [1.29, 1.82) is 5.26 Å². The molecule has 62 valence electrons. The molecule has 0 aromatic heterocycles. The van der Waals surface area contributed by atoms with E-state index in [0.717, 1.165) is 5.69 Å². The van der Waals surface area contributed by atoms with Crippen molar-refractivity contribution in [2.75, 3.05) is 5.32 Å². The summed E-state index contributed by atoms with van der Waals surface area (Å²) in [6, 6.07) is 10.8. The molecule has 0 spiro atoms. The van der Waals surface area contributed by atoms with Gasteiger partial charge in [0.25, 0.3) is 0 Å². The van der Waals surface area contributed by atoms with Gasteiger partial charge in [0.2, 0.25) is 5.91 Å². The smallest absolute Gasteiger partial charge is 1.00 e. The first-order valence-electron chi connectivity index (χ1n) is 3.55. The maximum Gasteiger partial charge on any atom is 1.00 e. The van der Waals surface area contributed by atoms with Crippen LogP contribution in [-0.2, 0) is 4.79 Å². The number of hydrogen-bond acceptors (Lipinski definition) is 2. The summed E-state index contributed by atoms with van der Waals surface area (Å²) in [6.45, 7) is 0. The van der Waals surface area contributed by atoms with Gasteiger partial charge >= 0.3 is 29.6 Å². The summed E-state index contributed by atoms with van der Waals surface area (Å²) in [6.07, 6.45) is -0.102. The molecule has 1 rings (SSSR count). The van der Waals surface area contributed by atoms with Crippen LogP contribution in [0.2, 0.25) is 0 Å². The minimum atomic E-state index is -0.274. The number of benzene rings is 1. The first kappa shape index (κ1) is 12.2. The number of carbonyl (C=O) groups excluding carboxylic acids is 1. The van der Waals surface area contributed by atoms with Crippen LogP contribution in [0.15, 0.2) is 30.3 Å². The summed E-state index contributed by atoms with van der Waals surface area (Å²) >= 11 is 0. The van der Waals surface area contributed by atoms with Crippen LogP contribution < -0.4 is 34.9 Å². The Morgan fingerprint density at radius 3 is 2.62 bits per heavy atom. The van der Waals surface area contributed by atoms with Gasteiger partial charge < -0.3 is 6.74 Å². The molecule has 3 nitrogen and oxygen atoms in total. The van der Waals surface area contributed by atoms with Crippen LogP contribution in [0.5, 0.6) is 0 Å². The molecule has 0 aliphatic heterocycles. The number of carbonyl (C=O) groups is 1. The van der Waals surface area contributed by atoms with Crippen LogP contribution in [0.25, 0.3) is 0 Å². The number of hydrogen-bond donors (Lipinski definition) is 1. The van der Waals surface area contributed by atoms with Gasteiger partial charge in [0.1, 0.15) is 6.42 Å². The van der Waals surface area contributed by atoms with Crippen molar-refractivity contribution in [3.8, 4) is 6.07 Å². The van der Waals surface area contributed by atoms with Crippen LogP contribution in [0.3, 0.4) is 0 Å². The second kappa shape index (κ2) is 6.67. The van der Waals surface area contributed by atoms with E-state index < -0.39 is 0 Å². The molecule has 0 radical (unpaired) electrons. The van der Waals surface area contributed by atoms with E-state index in [1.54, 1.807) is 18.2 Å². The van der Waals surface area contributed by atoms with Crippen molar-refractivity contribution in [1.82, 2.24) is 0 Å². The Hall–Kier alpha value is -0.820. The van der Waals surface area contributed by atoms with Crippen molar-refractivity contribution < 1.29 is 35.8 Å². The van der Waals surface area contributed by atoms with Gasteiger partial charge in [-0.25, -0.2) is 0 Å². The molecule has 4 heteroatoms. The van der Waals surface area contributed by atoms with Crippen molar-refractivity contribution in [2.45, 2.75) is 6.42 Å². The molecule has 0 saturated carbocycles. The number of para-hydroxylation sites is 1. The summed E-state index contributed by atoms with van der Waals surface area (Å²) in [7, 11) is 0. The predicted octanol–water partition coefficient (Wildman–Crippen LogP) is -1.34. The van der Waals surface area contributed by atoms with E-state index >= 15 is 0 Å². The van der Waals surface area contributed by atoms with Crippen molar-refractivity contribution >= 4 is 11.6 Å². The Morgan fingerprint density at radius 2 is 2.08 bits per heavy atom. The largest absolute Gasteiger partial charge is 1.00 e.